The number of aliphatic imine (C=N–C) groups is 1. The molecular formula is C18H31IN4O. The Morgan fingerprint density at radius 3 is 2.42 bits per heavy atom. The van der Waals surface area contributed by atoms with E-state index < -0.39 is 0 Å². The van der Waals surface area contributed by atoms with Crippen molar-refractivity contribution in [2.45, 2.75) is 58.3 Å². The van der Waals surface area contributed by atoms with E-state index in [0.717, 1.165) is 32.5 Å². The molecule has 0 aromatic heterocycles. The number of piperidine rings is 1. The van der Waals surface area contributed by atoms with Crippen LogP contribution in [0.15, 0.2) is 29.3 Å². The summed E-state index contributed by atoms with van der Waals surface area (Å²) in [6.45, 7) is 9.59. The van der Waals surface area contributed by atoms with Crippen molar-refractivity contribution in [3.63, 3.8) is 0 Å². The van der Waals surface area contributed by atoms with Crippen molar-refractivity contribution in [1.82, 2.24) is 10.2 Å². The zero-order chi connectivity index (χ0) is 16.9. The molecule has 0 bridgehead atoms. The van der Waals surface area contributed by atoms with Gasteiger partial charge >= 0.3 is 0 Å². The molecule has 1 aromatic rings. The molecule has 24 heavy (non-hydrogen) atoms. The Hall–Kier alpha value is -0.860. The summed E-state index contributed by atoms with van der Waals surface area (Å²) in [5, 5.41) is 12.8. The molecule has 1 aliphatic heterocycles. The summed E-state index contributed by atoms with van der Waals surface area (Å²) >= 11 is 0. The van der Waals surface area contributed by atoms with E-state index in [2.05, 4.69) is 54.2 Å². The number of likely N-dealkylation sites (tertiary alicyclic amines) is 1. The Morgan fingerprint density at radius 2 is 1.83 bits per heavy atom. The second-order valence-corrected chi connectivity index (χ2v) is 7.35. The molecule has 1 aromatic carbocycles. The van der Waals surface area contributed by atoms with E-state index in [1.165, 1.54) is 11.1 Å². The fraction of sp³-hybridized carbons (Fsp3) is 0.611. The lowest BCUT2D eigenvalue weighted by atomic mass is 10.0. The van der Waals surface area contributed by atoms with Crippen LogP contribution < -0.4 is 11.1 Å². The first-order valence-electron chi connectivity index (χ1n) is 8.39. The van der Waals surface area contributed by atoms with Crippen LogP contribution >= 0.6 is 24.0 Å². The predicted octanol–water partition coefficient (Wildman–Crippen LogP) is 2.46. The first kappa shape index (κ1) is 21.2. The standard InChI is InChI=1S/C18H30N4O.HI/c1-18(2,3)21-17(19)20-12-14-6-4-5-7-15(14)13-22-10-8-16(23)9-11-22;/h4-7,16,23H,8-13H2,1-3H3,(H3,19,20,21);1H. The minimum absolute atomic E-state index is 0. The Kier molecular flexibility index (Phi) is 8.45. The van der Waals surface area contributed by atoms with Crippen molar-refractivity contribution in [3.8, 4) is 0 Å². The molecule has 0 amide bonds. The lowest BCUT2D eigenvalue weighted by Crippen LogP contribution is -2.45. The average Bonchev–Trinajstić information content (AvgIpc) is 2.47. The molecule has 0 unspecified atom stereocenters. The molecule has 4 N–H and O–H groups in total. The number of hydrogen-bond acceptors (Lipinski definition) is 3. The summed E-state index contributed by atoms with van der Waals surface area (Å²) in [5.41, 5.74) is 8.37. The van der Waals surface area contributed by atoms with E-state index in [1.807, 2.05) is 6.07 Å². The van der Waals surface area contributed by atoms with Crippen molar-refractivity contribution in [3.05, 3.63) is 35.4 Å². The third kappa shape index (κ3) is 7.36. The van der Waals surface area contributed by atoms with Gasteiger partial charge in [-0.05, 0) is 44.7 Å². The van der Waals surface area contributed by atoms with Crippen LogP contribution in [0.3, 0.4) is 0 Å². The molecule has 0 atom stereocenters. The SMILES string of the molecule is CC(C)(C)NC(N)=NCc1ccccc1CN1CCC(O)CC1.I. The number of benzene rings is 1. The van der Waals surface area contributed by atoms with Gasteiger partial charge in [0.05, 0.1) is 12.6 Å². The van der Waals surface area contributed by atoms with Crippen molar-refractivity contribution in [2.75, 3.05) is 13.1 Å². The fourth-order valence-electron chi connectivity index (χ4n) is 2.78. The summed E-state index contributed by atoms with van der Waals surface area (Å²) in [6.07, 6.45) is 1.60. The van der Waals surface area contributed by atoms with Gasteiger partial charge in [0.2, 0.25) is 0 Å². The number of nitrogens with one attached hydrogen (secondary N) is 1. The van der Waals surface area contributed by atoms with Gasteiger partial charge in [0.15, 0.2) is 5.96 Å². The minimum Gasteiger partial charge on any atom is -0.393 e. The molecule has 5 nitrogen and oxygen atoms in total. The summed E-state index contributed by atoms with van der Waals surface area (Å²) in [7, 11) is 0. The number of aliphatic hydroxyl groups excluding tert-OH is 1. The van der Waals surface area contributed by atoms with Gasteiger partial charge in [0, 0.05) is 25.2 Å². The molecule has 0 radical (unpaired) electrons. The van der Waals surface area contributed by atoms with E-state index in [9.17, 15) is 5.11 Å². The topological polar surface area (TPSA) is 73.9 Å². The van der Waals surface area contributed by atoms with Gasteiger partial charge in [-0.3, -0.25) is 4.90 Å². The number of nitrogens with two attached hydrogens (primary N) is 1. The van der Waals surface area contributed by atoms with E-state index in [-0.39, 0.29) is 35.6 Å². The summed E-state index contributed by atoms with van der Waals surface area (Å²) in [6, 6.07) is 8.38. The van der Waals surface area contributed by atoms with Crippen LogP contribution in [-0.4, -0.2) is 40.7 Å². The maximum Gasteiger partial charge on any atom is 0.189 e. The van der Waals surface area contributed by atoms with Gasteiger partial charge in [0.1, 0.15) is 0 Å². The maximum absolute atomic E-state index is 9.62. The van der Waals surface area contributed by atoms with E-state index in [4.69, 9.17) is 5.73 Å². The van der Waals surface area contributed by atoms with Gasteiger partial charge in [0.25, 0.3) is 0 Å². The van der Waals surface area contributed by atoms with Gasteiger partial charge in [-0.25, -0.2) is 4.99 Å². The van der Waals surface area contributed by atoms with Gasteiger partial charge in [-0.1, -0.05) is 24.3 Å². The van der Waals surface area contributed by atoms with Crippen molar-refractivity contribution in [1.29, 1.82) is 0 Å². The second-order valence-electron chi connectivity index (χ2n) is 7.35. The summed E-state index contributed by atoms with van der Waals surface area (Å²) in [4.78, 5) is 6.87. The highest BCUT2D eigenvalue weighted by atomic mass is 127. The zero-order valence-electron chi connectivity index (χ0n) is 15.0. The quantitative estimate of drug-likeness (QED) is 0.378. The van der Waals surface area contributed by atoms with E-state index in [1.54, 1.807) is 0 Å². The van der Waals surface area contributed by atoms with E-state index >= 15 is 0 Å². The van der Waals surface area contributed by atoms with Crippen LogP contribution in [0.4, 0.5) is 0 Å². The van der Waals surface area contributed by atoms with Crippen molar-refractivity contribution >= 4 is 29.9 Å². The fourth-order valence-corrected chi connectivity index (χ4v) is 2.78. The number of aliphatic hydroxyl groups is 1. The van der Waals surface area contributed by atoms with Crippen LogP contribution in [-0.2, 0) is 13.1 Å². The predicted molar refractivity (Wildman–Crippen MR) is 111 cm³/mol. The van der Waals surface area contributed by atoms with Crippen LogP contribution in [0.2, 0.25) is 0 Å². The zero-order valence-corrected chi connectivity index (χ0v) is 17.3. The Bertz CT molecular complexity index is 534. The van der Waals surface area contributed by atoms with Gasteiger partial charge < -0.3 is 16.2 Å². The molecule has 1 aliphatic rings. The molecule has 1 saturated heterocycles. The second kappa shape index (κ2) is 9.58. The lowest BCUT2D eigenvalue weighted by molar-refractivity contribution is 0.0791. The molecule has 0 spiro atoms. The smallest absolute Gasteiger partial charge is 0.189 e. The normalized spacial score (nSPS) is 17.4. The first-order valence-corrected chi connectivity index (χ1v) is 8.39. The van der Waals surface area contributed by atoms with Crippen molar-refractivity contribution < 1.29 is 5.11 Å². The highest BCUT2D eigenvalue weighted by Gasteiger charge is 2.17. The molecule has 1 heterocycles. The van der Waals surface area contributed by atoms with Gasteiger partial charge in [-0.2, -0.15) is 0 Å². The maximum atomic E-state index is 9.62. The molecule has 0 aliphatic carbocycles. The summed E-state index contributed by atoms with van der Waals surface area (Å²) in [5.74, 6) is 0.480. The lowest BCUT2D eigenvalue weighted by Gasteiger charge is -2.30. The first-order chi connectivity index (χ1) is 10.8. The largest absolute Gasteiger partial charge is 0.393 e. The number of hydrogen-bond donors (Lipinski definition) is 3. The monoisotopic (exact) mass is 446 g/mol. The number of guanidine groups is 1. The molecule has 0 saturated carbocycles. The third-order valence-corrected chi connectivity index (χ3v) is 3.99. The average molecular weight is 446 g/mol. The molecule has 6 heteroatoms. The Balaban J connectivity index is 0.00000288. The van der Waals surface area contributed by atoms with Gasteiger partial charge in [-0.15, -0.1) is 24.0 Å². The Labute approximate surface area is 162 Å². The number of halogens is 1. The van der Waals surface area contributed by atoms with E-state index in [0.29, 0.717) is 12.5 Å². The van der Waals surface area contributed by atoms with Crippen molar-refractivity contribution in [2.24, 2.45) is 10.7 Å². The number of nitrogens with zero attached hydrogens (tertiary/aromatic N) is 2. The number of rotatable bonds is 4. The summed E-state index contributed by atoms with van der Waals surface area (Å²) < 4.78 is 0. The Morgan fingerprint density at radius 1 is 1.25 bits per heavy atom. The highest BCUT2D eigenvalue weighted by molar-refractivity contribution is 14.0. The van der Waals surface area contributed by atoms with Crippen LogP contribution in [0, 0.1) is 0 Å². The minimum atomic E-state index is -0.130. The van der Waals surface area contributed by atoms with Crippen LogP contribution in [0.5, 0.6) is 0 Å². The van der Waals surface area contributed by atoms with Crippen LogP contribution in [0.1, 0.15) is 44.7 Å². The third-order valence-electron chi connectivity index (χ3n) is 3.99. The molecule has 1 fully saturated rings. The molecular weight excluding hydrogens is 415 g/mol. The molecule has 136 valence electrons. The highest BCUT2D eigenvalue weighted by Crippen LogP contribution is 2.17. The molecule has 2 rings (SSSR count). The van der Waals surface area contributed by atoms with Crippen LogP contribution in [0.25, 0.3) is 0 Å².